The van der Waals surface area contributed by atoms with Gasteiger partial charge in [-0.25, -0.2) is 12.8 Å². The van der Waals surface area contributed by atoms with Gasteiger partial charge in [-0.3, -0.25) is 9.52 Å². The molecular weight excluding hydrogens is 323 g/mol. The smallest absolute Gasteiger partial charge is 0.265 e. The Labute approximate surface area is 132 Å². The van der Waals surface area contributed by atoms with Crippen molar-refractivity contribution in [3.63, 3.8) is 0 Å². The topological polar surface area (TPSA) is 84.5 Å². The lowest BCUT2D eigenvalue weighted by Crippen LogP contribution is -2.34. The molecule has 0 saturated carbocycles. The van der Waals surface area contributed by atoms with Gasteiger partial charge in [-0.05, 0) is 37.3 Å². The van der Waals surface area contributed by atoms with Crippen LogP contribution in [0.25, 0.3) is 0 Å². The van der Waals surface area contributed by atoms with Gasteiger partial charge in [0.1, 0.15) is 16.5 Å². The molecule has 1 atom stereocenters. The molecule has 2 aromatic rings. The number of carbonyl (C=O) groups excluding carboxylic acids is 1. The summed E-state index contributed by atoms with van der Waals surface area (Å²) in [5, 5.41) is 2.61. The van der Waals surface area contributed by atoms with Crippen LogP contribution in [0, 0.1) is 5.82 Å². The van der Waals surface area contributed by atoms with E-state index in [1.54, 1.807) is 6.92 Å². The number of hydrogen-bond acceptors (Lipinski definition) is 4. The molecule has 1 aliphatic rings. The molecule has 0 aliphatic carbocycles. The quantitative estimate of drug-likeness (QED) is 0.901. The van der Waals surface area contributed by atoms with E-state index in [4.69, 9.17) is 4.74 Å². The highest BCUT2D eigenvalue weighted by molar-refractivity contribution is 7.92. The maximum atomic E-state index is 13.7. The van der Waals surface area contributed by atoms with Gasteiger partial charge in [0, 0.05) is 0 Å². The second-order valence-corrected chi connectivity index (χ2v) is 6.65. The number of hydrogen-bond donors (Lipinski definition) is 2. The summed E-state index contributed by atoms with van der Waals surface area (Å²) < 4.78 is 45.8. The lowest BCUT2D eigenvalue weighted by atomic mass is 10.2. The molecule has 8 heteroatoms. The third-order valence-electron chi connectivity index (χ3n) is 3.29. The third-order valence-corrected chi connectivity index (χ3v) is 4.70. The average Bonchev–Trinajstić information content (AvgIpc) is 2.48. The lowest BCUT2D eigenvalue weighted by Gasteiger charge is -2.23. The monoisotopic (exact) mass is 336 g/mol. The fourth-order valence-corrected chi connectivity index (χ4v) is 3.27. The highest BCUT2D eigenvalue weighted by atomic mass is 32.2. The molecule has 2 N–H and O–H groups in total. The summed E-state index contributed by atoms with van der Waals surface area (Å²) in [5.74, 6) is -0.735. The molecule has 23 heavy (non-hydrogen) atoms. The van der Waals surface area contributed by atoms with Gasteiger partial charge in [-0.1, -0.05) is 12.1 Å². The van der Waals surface area contributed by atoms with Crippen LogP contribution in [0.5, 0.6) is 5.75 Å². The molecule has 0 unspecified atom stereocenters. The molecule has 0 aromatic heterocycles. The minimum atomic E-state index is -4.07. The number of carbonyl (C=O) groups is 1. The fraction of sp³-hybridized carbons (Fsp3) is 0.133. The van der Waals surface area contributed by atoms with Crippen molar-refractivity contribution in [1.29, 1.82) is 0 Å². The number of sulfonamides is 1. The van der Waals surface area contributed by atoms with Gasteiger partial charge in [0.2, 0.25) is 0 Å². The molecule has 0 bridgehead atoms. The van der Waals surface area contributed by atoms with Crippen molar-refractivity contribution in [3.05, 3.63) is 48.3 Å². The van der Waals surface area contributed by atoms with E-state index < -0.39 is 26.8 Å². The van der Waals surface area contributed by atoms with Crippen LogP contribution in [0.2, 0.25) is 0 Å². The molecule has 0 radical (unpaired) electrons. The van der Waals surface area contributed by atoms with Gasteiger partial charge in [-0.15, -0.1) is 0 Å². The molecule has 3 rings (SSSR count). The van der Waals surface area contributed by atoms with Crippen LogP contribution >= 0.6 is 0 Å². The van der Waals surface area contributed by atoms with Gasteiger partial charge < -0.3 is 10.1 Å². The summed E-state index contributed by atoms with van der Waals surface area (Å²) in [4.78, 5) is 11.1. The number of benzene rings is 2. The Hall–Kier alpha value is -2.61. The first-order valence-electron chi connectivity index (χ1n) is 6.76. The number of ether oxygens (including phenoxy) is 1. The van der Waals surface area contributed by atoms with E-state index >= 15 is 0 Å². The molecule has 0 fully saturated rings. The standard InChI is InChI=1S/C15H13FN2O4S/c1-9-15(19)17-12-8-10(6-7-13(12)22-9)18-23(20,21)14-5-3-2-4-11(14)16/h2-9,18H,1H3,(H,17,19)/t9-/m1/s1. The number of nitrogens with one attached hydrogen (secondary N) is 2. The summed E-state index contributed by atoms with van der Waals surface area (Å²) in [6, 6.07) is 9.49. The van der Waals surface area contributed by atoms with Crippen molar-refractivity contribution < 1.29 is 22.3 Å². The molecule has 1 amide bonds. The van der Waals surface area contributed by atoms with E-state index in [1.165, 1.54) is 36.4 Å². The van der Waals surface area contributed by atoms with Crippen LogP contribution in [0.15, 0.2) is 47.4 Å². The van der Waals surface area contributed by atoms with E-state index in [2.05, 4.69) is 10.0 Å². The zero-order chi connectivity index (χ0) is 16.6. The van der Waals surface area contributed by atoms with Crippen LogP contribution in [0.3, 0.4) is 0 Å². The van der Waals surface area contributed by atoms with Crippen molar-refractivity contribution in [2.24, 2.45) is 0 Å². The zero-order valence-corrected chi connectivity index (χ0v) is 12.9. The summed E-state index contributed by atoms with van der Waals surface area (Å²) in [6.45, 7) is 1.60. The van der Waals surface area contributed by atoms with E-state index in [1.807, 2.05) is 0 Å². The van der Waals surface area contributed by atoms with Crippen LogP contribution in [0.4, 0.5) is 15.8 Å². The van der Waals surface area contributed by atoms with E-state index in [-0.39, 0.29) is 11.6 Å². The molecular formula is C15H13FN2O4S. The largest absolute Gasteiger partial charge is 0.479 e. The van der Waals surface area contributed by atoms with Crippen molar-refractivity contribution >= 4 is 27.3 Å². The van der Waals surface area contributed by atoms with Gasteiger partial charge in [0.05, 0.1) is 11.4 Å². The predicted molar refractivity (Wildman–Crippen MR) is 82.4 cm³/mol. The molecule has 0 spiro atoms. The van der Waals surface area contributed by atoms with Gasteiger partial charge in [0.15, 0.2) is 6.10 Å². The fourth-order valence-electron chi connectivity index (χ4n) is 2.15. The van der Waals surface area contributed by atoms with Crippen LogP contribution in [0.1, 0.15) is 6.92 Å². The Morgan fingerprint density at radius 3 is 2.70 bits per heavy atom. The lowest BCUT2D eigenvalue weighted by molar-refractivity contribution is -0.122. The van der Waals surface area contributed by atoms with Crippen molar-refractivity contribution in [2.75, 3.05) is 10.0 Å². The number of fused-ring (bicyclic) bond motifs is 1. The van der Waals surface area contributed by atoms with E-state index in [9.17, 15) is 17.6 Å². The SMILES string of the molecule is C[C@H]1Oc2ccc(NS(=O)(=O)c3ccccc3F)cc2NC1=O. The second kappa shape index (κ2) is 5.54. The minimum Gasteiger partial charge on any atom is -0.479 e. The Bertz CT molecular complexity index is 883. The minimum absolute atomic E-state index is 0.186. The molecule has 1 heterocycles. The molecule has 1 aliphatic heterocycles. The van der Waals surface area contributed by atoms with Crippen molar-refractivity contribution in [1.82, 2.24) is 0 Å². The van der Waals surface area contributed by atoms with Crippen LogP contribution in [-0.2, 0) is 14.8 Å². The first-order chi connectivity index (χ1) is 10.9. The maximum absolute atomic E-state index is 13.7. The summed E-state index contributed by atoms with van der Waals surface area (Å²) in [6.07, 6.45) is -0.622. The Balaban J connectivity index is 1.91. The maximum Gasteiger partial charge on any atom is 0.265 e. The highest BCUT2D eigenvalue weighted by Gasteiger charge is 2.24. The molecule has 120 valence electrons. The summed E-state index contributed by atoms with van der Waals surface area (Å²) in [7, 11) is -4.07. The van der Waals surface area contributed by atoms with E-state index in [0.717, 1.165) is 6.07 Å². The van der Waals surface area contributed by atoms with Crippen LogP contribution in [-0.4, -0.2) is 20.4 Å². The Kier molecular flexibility index (Phi) is 3.69. The van der Waals surface area contributed by atoms with Gasteiger partial charge >= 0.3 is 0 Å². The number of halogens is 1. The van der Waals surface area contributed by atoms with Crippen LogP contribution < -0.4 is 14.8 Å². The van der Waals surface area contributed by atoms with Gasteiger partial charge in [-0.2, -0.15) is 0 Å². The van der Waals surface area contributed by atoms with Crippen molar-refractivity contribution in [2.45, 2.75) is 17.9 Å². The Morgan fingerprint density at radius 2 is 1.96 bits per heavy atom. The van der Waals surface area contributed by atoms with Gasteiger partial charge in [0.25, 0.3) is 15.9 Å². The first kappa shape index (κ1) is 15.3. The zero-order valence-electron chi connectivity index (χ0n) is 12.0. The molecule has 2 aromatic carbocycles. The second-order valence-electron chi connectivity index (χ2n) is 5.00. The summed E-state index contributed by atoms with van der Waals surface area (Å²) >= 11 is 0. The average molecular weight is 336 g/mol. The normalized spacial score (nSPS) is 17.0. The highest BCUT2D eigenvalue weighted by Crippen LogP contribution is 2.33. The number of amides is 1. The first-order valence-corrected chi connectivity index (χ1v) is 8.24. The van der Waals surface area contributed by atoms with Crippen molar-refractivity contribution in [3.8, 4) is 5.75 Å². The molecule has 0 saturated heterocycles. The predicted octanol–water partition coefficient (Wildman–Crippen LogP) is 2.35. The molecule has 6 nitrogen and oxygen atoms in total. The summed E-state index contributed by atoms with van der Waals surface area (Å²) in [5.41, 5.74) is 0.535. The number of rotatable bonds is 3. The number of anilines is 2. The third kappa shape index (κ3) is 2.98. The Morgan fingerprint density at radius 1 is 1.22 bits per heavy atom. The van der Waals surface area contributed by atoms with E-state index in [0.29, 0.717) is 11.4 Å².